The minimum absolute atomic E-state index is 0.687. The summed E-state index contributed by atoms with van der Waals surface area (Å²) >= 11 is 2.05. The summed E-state index contributed by atoms with van der Waals surface area (Å²) in [6.07, 6.45) is 3.73. The lowest BCUT2D eigenvalue weighted by Gasteiger charge is -2.13. The van der Waals surface area contributed by atoms with Crippen LogP contribution < -0.4 is 5.32 Å². The second-order valence-corrected chi connectivity index (χ2v) is 5.30. The summed E-state index contributed by atoms with van der Waals surface area (Å²) in [7, 11) is 0. The molecule has 0 aliphatic carbocycles. The van der Waals surface area contributed by atoms with Crippen molar-refractivity contribution in [3.8, 4) is 0 Å². The number of hydrogen-bond donors (Lipinski definition) is 1. The standard InChI is InChI=1S/C13H19NS/c1-2-3-11-4-6-12(7-5-11)14-13-8-9-15-10-13/h4-7,13-14H,2-3,8-10H2,1H3/t13-/m0/s1. The Kier molecular flexibility index (Phi) is 3.95. The minimum Gasteiger partial charge on any atom is -0.381 e. The molecule has 82 valence electrons. The normalized spacial score (nSPS) is 20.5. The van der Waals surface area contributed by atoms with E-state index < -0.39 is 0 Å². The van der Waals surface area contributed by atoms with Gasteiger partial charge in [-0.05, 0) is 36.3 Å². The summed E-state index contributed by atoms with van der Waals surface area (Å²) in [5, 5.41) is 3.59. The van der Waals surface area contributed by atoms with Gasteiger partial charge in [-0.2, -0.15) is 11.8 Å². The fourth-order valence-corrected chi connectivity index (χ4v) is 3.09. The van der Waals surface area contributed by atoms with E-state index in [1.54, 1.807) is 0 Å². The zero-order valence-corrected chi connectivity index (χ0v) is 10.1. The lowest BCUT2D eigenvalue weighted by Crippen LogP contribution is -2.17. The van der Waals surface area contributed by atoms with Gasteiger partial charge in [0.25, 0.3) is 0 Å². The molecule has 0 bridgehead atoms. The van der Waals surface area contributed by atoms with Crippen molar-refractivity contribution in [2.45, 2.75) is 32.2 Å². The second kappa shape index (κ2) is 5.45. The topological polar surface area (TPSA) is 12.0 Å². The molecule has 0 amide bonds. The van der Waals surface area contributed by atoms with Crippen LogP contribution in [-0.2, 0) is 6.42 Å². The first-order chi connectivity index (χ1) is 7.38. The van der Waals surface area contributed by atoms with E-state index in [4.69, 9.17) is 0 Å². The van der Waals surface area contributed by atoms with Crippen LogP contribution in [0.15, 0.2) is 24.3 Å². The monoisotopic (exact) mass is 221 g/mol. The average molecular weight is 221 g/mol. The molecule has 1 fully saturated rings. The van der Waals surface area contributed by atoms with Gasteiger partial charge in [0.1, 0.15) is 0 Å². The Hall–Kier alpha value is -0.630. The number of nitrogens with one attached hydrogen (secondary N) is 1. The van der Waals surface area contributed by atoms with Crippen LogP contribution in [0.2, 0.25) is 0 Å². The third kappa shape index (κ3) is 3.16. The second-order valence-electron chi connectivity index (χ2n) is 4.15. The van der Waals surface area contributed by atoms with E-state index in [0.717, 1.165) is 0 Å². The maximum Gasteiger partial charge on any atom is 0.0359 e. The fraction of sp³-hybridized carbons (Fsp3) is 0.538. The Labute approximate surface area is 96.7 Å². The summed E-state index contributed by atoms with van der Waals surface area (Å²) in [5.41, 5.74) is 2.73. The van der Waals surface area contributed by atoms with E-state index >= 15 is 0 Å². The molecule has 0 radical (unpaired) electrons. The van der Waals surface area contributed by atoms with Crippen molar-refractivity contribution in [1.29, 1.82) is 0 Å². The van der Waals surface area contributed by atoms with Crippen LogP contribution in [0.25, 0.3) is 0 Å². The van der Waals surface area contributed by atoms with Gasteiger partial charge in [0.15, 0.2) is 0 Å². The highest BCUT2D eigenvalue weighted by atomic mass is 32.2. The van der Waals surface area contributed by atoms with Gasteiger partial charge in [-0.15, -0.1) is 0 Å². The Morgan fingerprint density at radius 2 is 2.13 bits per heavy atom. The molecule has 0 spiro atoms. The van der Waals surface area contributed by atoms with Crippen molar-refractivity contribution in [3.63, 3.8) is 0 Å². The van der Waals surface area contributed by atoms with Crippen molar-refractivity contribution < 1.29 is 0 Å². The predicted octanol–water partition coefficient (Wildman–Crippen LogP) is 3.56. The van der Waals surface area contributed by atoms with Crippen LogP contribution in [0.4, 0.5) is 5.69 Å². The molecule has 0 aromatic heterocycles. The molecular weight excluding hydrogens is 202 g/mol. The van der Waals surface area contributed by atoms with Crippen LogP contribution in [0, 0.1) is 0 Å². The molecule has 0 unspecified atom stereocenters. The van der Waals surface area contributed by atoms with E-state index in [0.29, 0.717) is 6.04 Å². The minimum atomic E-state index is 0.687. The van der Waals surface area contributed by atoms with Crippen LogP contribution in [0.3, 0.4) is 0 Å². The van der Waals surface area contributed by atoms with Gasteiger partial charge in [-0.3, -0.25) is 0 Å². The van der Waals surface area contributed by atoms with Gasteiger partial charge in [0, 0.05) is 17.5 Å². The summed E-state index contributed by atoms with van der Waals surface area (Å²) in [4.78, 5) is 0. The van der Waals surface area contributed by atoms with Crippen molar-refractivity contribution in [2.75, 3.05) is 16.8 Å². The van der Waals surface area contributed by atoms with Crippen molar-refractivity contribution >= 4 is 17.4 Å². The first kappa shape index (κ1) is 10.9. The van der Waals surface area contributed by atoms with Crippen molar-refractivity contribution in [2.24, 2.45) is 0 Å². The third-order valence-corrected chi connectivity index (χ3v) is 3.96. The molecule has 1 N–H and O–H groups in total. The van der Waals surface area contributed by atoms with Crippen molar-refractivity contribution in [1.82, 2.24) is 0 Å². The summed E-state index contributed by atoms with van der Waals surface area (Å²) in [6.45, 7) is 2.22. The maximum absolute atomic E-state index is 3.59. The highest BCUT2D eigenvalue weighted by Gasteiger charge is 2.14. The van der Waals surface area contributed by atoms with Gasteiger partial charge in [-0.1, -0.05) is 25.5 Å². The van der Waals surface area contributed by atoms with Gasteiger partial charge in [0.2, 0.25) is 0 Å². The summed E-state index contributed by atoms with van der Waals surface area (Å²) < 4.78 is 0. The maximum atomic E-state index is 3.59. The summed E-state index contributed by atoms with van der Waals surface area (Å²) in [5.74, 6) is 2.57. The average Bonchev–Trinajstić information content (AvgIpc) is 2.74. The lowest BCUT2D eigenvalue weighted by atomic mass is 10.1. The van der Waals surface area contributed by atoms with E-state index in [2.05, 4.69) is 48.3 Å². The predicted molar refractivity (Wildman–Crippen MR) is 69.8 cm³/mol. The van der Waals surface area contributed by atoms with Crippen LogP contribution in [-0.4, -0.2) is 17.5 Å². The van der Waals surface area contributed by atoms with Crippen molar-refractivity contribution in [3.05, 3.63) is 29.8 Å². The Morgan fingerprint density at radius 1 is 1.33 bits per heavy atom. The van der Waals surface area contributed by atoms with Crippen LogP contribution in [0.5, 0.6) is 0 Å². The Balaban J connectivity index is 1.91. The lowest BCUT2D eigenvalue weighted by molar-refractivity contribution is 0.813. The smallest absolute Gasteiger partial charge is 0.0359 e. The number of benzene rings is 1. The number of aryl methyl sites for hydroxylation is 1. The number of hydrogen-bond acceptors (Lipinski definition) is 2. The highest BCUT2D eigenvalue weighted by Crippen LogP contribution is 2.21. The van der Waals surface area contributed by atoms with Crippen LogP contribution in [0.1, 0.15) is 25.3 Å². The number of anilines is 1. The van der Waals surface area contributed by atoms with Gasteiger partial charge >= 0.3 is 0 Å². The molecule has 1 heterocycles. The Morgan fingerprint density at radius 3 is 2.73 bits per heavy atom. The molecule has 0 saturated carbocycles. The van der Waals surface area contributed by atoms with Gasteiger partial charge in [0.05, 0.1) is 0 Å². The molecule has 1 nitrogen and oxygen atoms in total. The van der Waals surface area contributed by atoms with Gasteiger partial charge < -0.3 is 5.32 Å². The first-order valence-corrected chi connectivity index (χ1v) is 6.97. The Bertz CT molecular complexity index is 288. The molecule has 1 atom stereocenters. The zero-order valence-electron chi connectivity index (χ0n) is 9.33. The fourth-order valence-electron chi connectivity index (χ4n) is 1.94. The van der Waals surface area contributed by atoms with E-state index in [-0.39, 0.29) is 0 Å². The van der Waals surface area contributed by atoms with E-state index in [1.165, 1.54) is 42.0 Å². The molecule has 1 aromatic rings. The molecule has 1 aliphatic heterocycles. The number of thioether (sulfide) groups is 1. The third-order valence-electron chi connectivity index (χ3n) is 2.79. The van der Waals surface area contributed by atoms with Crippen LogP contribution >= 0.6 is 11.8 Å². The number of rotatable bonds is 4. The molecule has 15 heavy (non-hydrogen) atoms. The van der Waals surface area contributed by atoms with E-state index in [1.807, 2.05) is 0 Å². The molecule has 2 rings (SSSR count). The molecule has 2 heteroatoms. The quantitative estimate of drug-likeness (QED) is 0.834. The summed E-state index contributed by atoms with van der Waals surface area (Å²) in [6, 6.07) is 9.61. The highest BCUT2D eigenvalue weighted by molar-refractivity contribution is 7.99. The molecular formula is C13H19NS. The zero-order chi connectivity index (χ0) is 10.5. The van der Waals surface area contributed by atoms with Gasteiger partial charge in [-0.25, -0.2) is 0 Å². The molecule has 1 aromatic carbocycles. The SMILES string of the molecule is CCCc1ccc(N[C@H]2CCSC2)cc1. The first-order valence-electron chi connectivity index (χ1n) is 5.81. The largest absolute Gasteiger partial charge is 0.381 e. The molecule has 1 saturated heterocycles. The molecule has 1 aliphatic rings. The van der Waals surface area contributed by atoms with E-state index in [9.17, 15) is 0 Å².